The second kappa shape index (κ2) is 6.72. The molecule has 0 unspecified atom stereocenters. The summed E-state index contributed by atoms with van der Waals surface area (Å²) in [7, 11) is 0. The summed E-state index contributed by atoms with van der Waals surface area (Å²) in [5, 5.41) is 7.10. The Morgan fingerprint density at radius 3 is 2.80 bits per heavy atom. The van der Waals surface area contributed by atoms with Crippen molar-refractivity contribution in [3.05, 3.63) is 72.4 Å². The fourth-order valence-corrected chi connectivity index (χ4v) is 3.02. The quantitative estimate of drug-likeness (QED) is 0.794. The van der Waals surface area contributed by atoms with Gasteiger partial charge in [-0.15, -0.1) is 0 Å². The van der Waals surface area contributed by atoms with Crippen LogP contribution in [0.2, 0.25) is 0 Å². The van der Waals surface area contributed by atoms with Gasteiger partial charge in [-0.05, 0) is 18.1 Å². The summed E-state index contributed by atoms with van der Waals surface area (Å²) in [6.07, 6.45) is 5.74. The summed E-state index contributed by atoms with van der Waals surface area (Å²) in [5.41, 5.74) is 2.06. The SMILES string of the molecule is O=C(NCc1cccnc1-n1cncn1)N1CC[C@@H]1c1ccccc1. The predicted molar refractivity (Wildman–Crippen MR) is 91.9 cm³/mol. The molecule has 2 aromatic heterocycles. The number of carbonyl (C=O) groups excluding carboxylic acids is 1. The molecule has 3 aromatic rings. The number of nitrogens with one attached hydrogen (secondary N) is 1. The predicted octanol–water partition coefficient (Wildman–Crippen LogP) is 2.32. The van der Waals surface area contributed by atoms with E-state index >= 15 is 0 Å². The van der Waals surface area contributed by atoms with E-state index in [-0.39, 0.29) is 12.1 Å². The molecule has 0 saturated carbocycles. The van der Waals surface area contributed by atoms with Gasteiger partial charge in [0.2, 0.25) is 0 Å². The van der Waals surface area contributed by atoms with Crippen LogP contribution in [0, 0.1) is 0 Å². The van der Waals surface area contributed by atoms with Gasteiger partial charge >= 0.3 is 6.03 Å². The third-order valence-corrected chi connectivity index (χ3v) is 4.40. The Kier molecular flexibility index (Phi) is 4.12. The minimum absolute atomic E-state index is 0.0616. The molecule has 1 fully saturated rings. The summed E-state index contributed by atoms with van der Waals surface area (Å²) < 4.78 is 1.60. The van der Waals surface area contributed by atoms with E-state index in [1.54, 1.807) is 17.2 Å². The third kappa shape index (κ3) is 3.08. The molecule has 1 saturated heterocycles. The summed E-state index contributed by atoms with van der Waals surface area (Å²) in [6, 6.07) is 14.0. The number of aromatic nitrogens is 4. The molecule has 7 nitrogen and oxygen atoms in total. The maximum absolute atomic E-state index is 12.5. The highest BCUT2D eigenvalue weighted by atomic mass is 16.2. The molecule has 0 aliphatic carbocycles. The lowest BCUT2D eigenvalue weighted by Gasteiger charge is -2.41. The molecule has 126 valence electrons. The first-order chi connectivity index (χ1) is 12.3. The third-order valence-electron chi connectivity index (χ3n) is 4.40. The Hall–Kier alpha value is -3.22. The van der Waals surface area contributed by atoms with Gasteiger partial charge in [0.25, 0.3) is 0 Å². The Labute approximate surface area is 145 Å². The molecule has 2 amide bonds. The van der Waals surface area contributed by atoms with Gasteiger partial charge in [-0.1, -0.05) is 36.4 Å². The number of benzene rings is 1. The zero-order valence-electron chi connectivity index (χ0n) is 13.6. The van der Waals surface area contributed by atoms with Gasteiger partial charge in [-0.25, -0.2) is 19.4 Å². The van der Waals surface area contributed by atoms with Crippen molar-refractivity contribution in [3.63, 3.8) is 0 Å². The van der Waals surface area contributed by atoms with E-state index in [9.17, 15) is 4.79 Å². The largest absolute Gasteiger partial charge is 0.334 e. The first kappa shape index (κ1) is 15.3. The van der Waals surface area contributed by atoms with E-state index in [0.29, 0.717) is 12.4 Å². The smallest absolute Gasteiger partial charge is 0.318 e. The number of carbonyl (C=O) groups is 1. The summed E-state index contributed by atoms with van der Waals surface area (Å²) in [6.45, 7) is 1.16. The number of pyridine rings is 1. The number of urea groups is 1. The first-order valence-electron chi connectivity index (χ1n) is 8.21. The van der Waals surface area contributed by atoms with Crippen LogP contribution in [0.4, 0.5) is 4.79 Å². The highest BCUT2D eigenvalue weighted by Crippen LogP contribution is 2.32. The summed E-state index contributed by atoms with van der Waals surface area (Å²) >= 11 is 0. The number of likely N-dealkylation sites (tertiary alicyclic amines) is 1. The molecule has 7 heteroatoms. The van der Waals surface area contributed by atoms with Crippen LogP contribution >= 0.6 is 0 Å². The van der Waals surface area contributed by atoms with Crippen molar-refractivity contribution in [3.8, 4) is 5.82 Å². The molecule has 1 aromatic carbocycles. The topological polar surface area (TPSA) is 75.9 Å². The Morgan fingerprint density at radius 1 is 1.20 bits per heavy atom. The number of rotatable bonds is 4. The second-order valence-electron chi connectivity index (χ2n) is 5.89. The van der Waals surface area contributed by atoms with Crippen LogP contribution in [0.3, 0.4) is 0 Å². The molecule has 4 rings (SSSR count). The molecule has 3 heterocycles. The van der Waals surface area contributed by atoms with Crippen molar-refractivity contribution in [2.45, 2.75) is 19.0 Å². The van der Waals surface area contributed by atoms with Gasteiger partial charge in [0, 0.05) is 24.8 Å². The molecule has 1 aliphatic rings. The monoisotopic (exact) mass is 334 g/mol. The molecule has 0 radical (unpaired) electrons. The van der Waals surface area contributed by atoms with Crippen molar-refractivity contribution in [2.24, 2.45) is 0 Å². The number of amides is 2. The molecule has 1 aliphatic heterocycles. The lowest BCUT2D eigenvalue weighted by Crippen LogP contribution is -2.49. The van der Waals surface area contributed by atoms with Crippen molar-refractivity contribution in [2.75, 3.05) is 6.54 Å². The van der Waals surface area contributed by atoms with Crippen molar-refractivity contribution >= 4 is 6.03 Å². The Morgan fingerprint density at radius 2 is 2.08 bits per heavy atom. The van der Waals surface area contributed by atoms with E-state index in [2.05, 4.69) is 32.5 Å². The molecule has 25 heavy (non-hydrogen) atoms. The fraction of sp³-hybridized carbons (Fsp3) is 0.222. The zero-order valence-corrected chi connectivity index (χ0v) is 13.6. The lowest BCUT2D eigenvalue weighted by molar-refractivity contribution is 0.115. The lowest BCUT2D eigenvalue weighted by atomic mass is 9.95. The highest BCUT2D eigenvalue weighted by Gasteiger charge is 2.33. The van der Waals surface area contributed by atoms with Crippen molar-refractivity contribution in [1.82, 2.24) is 30.0 Å². The van der Waals surface area contributed by atoms with Gasteiger partial charge in [0.05, 0.1) is 6.04 Å². The maximum atomic E-state index is 12.5. The zero-order chi connectivity index (χ0) is 17.1. The number of nitrogens with zero attached hydrogens (tertiary/aromatic N) is 5. The maximum Gasteiger partial charge on any atom is 0.318 e. The van der Waals surface area contributed by atoms with Crippen LogP contribution in [0.5, 0.6) is 0 Å². The number of hydrogen-bond donors (Lipinski definition) is 1. The van der Waals surface area contributed by atoms with Crippen LogP contribution < -0.4 is 5.32 Å². The first-order valence-corrected chi connectivity index (χ1v) is 8.21. The molecular formula is C18H18N6O. The van der Waals surface area contributed by atoms with E-state index < -0.39 is 0 Å². The average Bonchev–Trinajstić information content (AvgIpc) is 3.15. The van der Waals surface area contributed by atoms with Gasteiger partial charge in [-0.3, -0.25) is 0 Å². The van der Waals surface area contributed by atoms with Crippen LogP contribution in [0.1, 0.15) is 23.6 Å². The Bertz CT molecular complexity index is 849. The molecule has 0 spiro atoms. The Balaban J connectivity index is 1.43. The van der Waals surface area contributed by atoms with Crippen molar-refractivity contribution < 1.29 is 4.79 Å². The van der Waals surface area contributed by atoms with E-state index in [1.165, 1.54) is 11.9 Å². The fourth-order valence-electron chi connectivity index (χ4n) is 3.02. The molecule has 1 N–H and O–H groups in total. The van der Waals surface area contributed by atoms with Crippen LogP contribution in [-0.4, -0.2) is 37.2 Å². The second-order valence-corrected chi connectivity index (χ2v) is 5.89. The van der Waals surface area contributed by atoms with E-state index in [1.807, 2.05) is 35.2 Å². The average molecular weight is 334 g/mol. The molecule has 0 bridgehead atoms. The van der Waals surface area contributed by atoms with Crippen LogP contribution in [0.25, 0.3) is 5.82 Å². The minimum atomic E-state index is -0.0616. The highest BCUT2D eigenvalue weighted by molar-refractivity contribution is 5.75. The van der Waals surface area contributed by atoms with Gasteiger partial charge in [-0.2, -0.15) is 5.10 Å². The van der Waals surface area contributed by atoms with Crippen LogP contribution in [-0.2, 0) is 6.54 Å². The van der Waals surface area contributed by atoms with Crippen LogP contribution in [0.15, 0.2) is 61.3 Å². The molecular weight excluding hydrogens is 316 g/mol. The molecule has 1 atom stereocenters. The normalized spacial score (nSPS) is 16.3. The van der Waals surface area contributed by atoms with Gasteiger partial charge < -0.3 is 10.2 Å². The van der Waals surface area contributed by atoms with Crippen molar-refractivity contribution in [1.29, 1.82) is 0 Å². The standard InChI is InChI=1S/C18H18N6O/c25-18(23-10-8-16(23)14-5-2-1-3-6-14)21-11-15-7-4-9-20-17(15)24-13-19-12-22-24/h1-7,9,12-13,16H,8,10-11H2,(H,21,25)/t16-/m1/s1. The number of hydrogen-bond acceptors (Lipinski definition) is 4. The summed E-state index contributed by atoms with van der Waals surface area (Å²) in [5.74, 6) is 0.670. The van der Waals surface area contributed by atoms with E-state index in [0.717, 1.165) is 18.5 Å². The minimum Gasteiger partial charge on any atom is -0.334 e. The van der Waals surface area contributed by atoms with Gasteiger partial charge in [0.1, 0.15) is 12.7 Å². The summed E-state index contributed by atoms with van der Waals surface area (Å²) in [4.78, 5) is 22.7. The van der Waals surface area contributed by atoms with Gasteiger partial charge in [0.15, 0.2) is 5.82 Å². The van der Waals surface area contributed by atoms with E-state index in [4.69, 9.17) is 0 Å².